The van der Waals surface area contributed by atoms with Gasteiger partial charge in [0.15, 0.2) is 0 Å². The molecule has 0 saturated heterocycles. The van der Waals surface area contributed by atoms with Gasteiger partial charge in [0.2, 0.25) is 0 Å². The third kappa shape index (κ3) is 8.07. The molecule has 52 heavy (non-hydrogen) atoms. The van der Waals surface area contributed by atoms with E-state index in [4.69, 9.17) is 15.2 Å². The van der Waals surface area contributed by atoms with Gasteiger partial charge in [0, 0.05) is 0 Å². The number of hydrogen-bond acceptors (Lipinski definition) is 3. The van der Waals surface area contributed by atoms with Crippen molar-refractivity contribution in [1.29, 1.82) is 0 Å². The first-order valence-electron chi connectivity index (χ1n) is 19.8. The molecular formula is C47H64NO2PPd-2. The van der Waals surface area contributed by atoms with E-state index in [-0.39, 0.29) is 5.60 Å². The molecule has 4 aromatic rings. The molecule has 0 amide bonds. The van der Waals surface area contributed by atoms with Crippen LogP contribution in [-0.2, 0) is 15.0 Å². The van der Waals surface area contributed by atoms with Gasteiger partial charge in [0.1, 0.15) is 0 Å². The summed E-state index contributed by atoms with van der Waals surface area (Å²) >= 11 is -2.61. The molecule has 0 aromatic heterocycles. The van der Waals surface area contributed by atoms with Crippen LogP contribution in [0.1, 0.15) is 136 Å². The molecule has 0 radical (unpaired) electrons. The fourth-order valence-electron chi connectivity index (χ4n) is 8.37. The number of hydrogen-bond donors (Lipinski definition) is 1. The van der Waals surface area contributed by atoms with Crippen LogP contribution in [0.5, 0.6) is 11.5 Å². The number of nitrogen functional groups attached to an aromatic ring is 1. The maximum atomic E-state index is 7.14. The molecule has 1 atom stereocenters. The van der Waals surface area contributed by atoms with Gasteiger partial charge < -0.3 is 0 Å². The van der Waals surface area contributed by atoms with Crippen LogP contribution >= 0.6 is 6.77 Å². The van der Waals surface area contributed by atoms with E-state index in [0.29, 0.717) is 27.4 Å². The van der Waals surface area contributed by atoms with Crippen LogP contribution in [0.3, 0.4) is 0 Å². The summed E-state index contributed by atoms with van der Waals surface area (Å²) in [5, 5.41) is 1.40. The zero-order valence-electron chi connectivity index (χ0n) is 33.1. The second-order valence-electron chi connectivity index (χ2n) is 16.4. The first-order chi connectivity index (χ1) is 25.0. The van der Waals surface area contributed by atoms with Crippen molar-refractivity contribution in [3.05, 3.63) is 90.0 Å². The van der Waals surface area contributed by atoms with Crippen molar-refractivity contribution >= 4 is 21.8 Å². The first-order valence-corrected chi connectivity index (χ1v) is 25.5. The van der Waals surface area contributed by atoms with Crippen molar-refractivity contribution in [3.63, 3.8) is 0 Å². The summed E-state index contributed by atoms with van der Waals surface area (Å²) in [6.45, 7) is 16.6. The van der Waals surface area contributed by atoms with Gasteiger partial charge in [-0.3, -0.25) is 0 Å². The topological polar surface area (TPSA) is 44.5 Å². The van der Waals surface area contributed by atoms with Crippen LogP contribution in [0.25, 0.3) is 22.3 Å². The number of rotatable bonds is 11. The summed E-state index contributed by atoms with van der Waals surface area (Å²) in [6.07, 6.45) is 13.3. The van der Waals surface area contributed by atoms with Crippen molar-refractivity contribution in [1.82, 2.24) is 0 Å². The predicted molar refractivity (Wildman–Crippen MR) is 225 cm³/mol. The van der Waals surface area contributed by atoms with Gasteiger partial charge in [-0.25, -0.2) is 0 Å². The summed E-state index contributed by atoms with van der Waals surface area (Å²) < 4.78 is 16.7. The van der Waals surface area contributed by atoms with Crippen molar-refractivity contribution in [2.75, 3.05) is 12.8 Å². The quantitative estimate of drug-likeness (QED) is 0.0932. The predicted octanol–water partition coefficient (Wildman–Crippen LogP) is 13.2. The number of anilines is 1. The summed E-state index contributed by atoms with van der Waals surface area (Å²) in [5.41, 5.74) is 15.4. The molecule has 5 heteroatoms. The minimum atomic E-state index is -2.61. The Labute approximate surface area is 320 Å². The molecule has 2 aliphatic carbocycles. The van der Waals surface area contributed by atoms with E-state index < -0.39 is 15.0 Å². The number of para-hydroxylation sites is 1. The Kier molecular flexibility index (Phi) is 12.6. The average molecular weight is 812 g/mol. The first kappa shape index (κ1) is 39.1. The third-order valence-corrected chi connectivity index (χ3v) is 26.7. The summed E-state index contributed by atoms with van der Waals surface area (Å²) in [7, 11) is 1.87. The Morgan fingerprint density at radius 3 is 1.67 bits per heavy atom. The molecule has 0 bridgehead atoms. The van der Waals surface area contributed by atoms with Gasteiger partial charge in [-0.15, -0.1) is 0 Å². The van der Waals surface area contributed by atoms with E-state index in [1.165, 1.54) is 103 Å². The zero-order chi connectivity index (χ0) is 37.0. The zero-order valence-corrected chi connectivity index (χ0v) is 35.7. The number of ether oxygens (including phenoxy) is 2. The van der Waals surface area contributed by atoms with Gasteiger partial charge in [-0.2, -0.15) is 0 Å². The van der Waals surface area contributed by atoms with E-state index in [1.807, 2.05) is 7.11 Å². The van der Waals surface area contributed by atoms with Crippen molar-refractivity contribution in [2.24, 2.45) is 0 Å². The van der Waals surface area contributed by atoms with Gasteiger partial charge >= 0.3 is 322 Å². The van der Waals surface area contributed by atoms with E-state index in [9.17, 15) is 0 Å². The molecule has 4 aromatic carbocycles. The Bertz CT molecular complexity index is 1770. The van der Waals surface area contributed by atoms with Crippen LogP contribution in [0.2, 0.25) is 8.78 Å². The molecule has 1 unspecified atom stereocenters. The standard InChI is InChI=1S/C23H32O2P.C12H10N.2C6H11.Pd/c1-14(2)16-10-9-11-17(15(3)4)20(16)21-18(24-8)12-13-19(22(21)26)25-23(5,6)7;13-12-9-5-4-8-11(12)10-6-2-1-3-7-10;2*1-2-4-6-5-3-1;/h9-15,26H,1-8H3;1-6,8-9H,13H2;2*1H,2-6H2;/q-1;;;;-1. The van der Waals surface area contributed by atoms with Crippen LogP contribution in [0, 0.1) is 0 Å². The van der Waals surface area contributed by atoms with E-state index in [0.717, 1.165) is 17.2 Å². The summed E-state index contributed by atoms with van der Waals surface area (Å²) in [6, 6.07) is 29.5. The SMILES string of the molecule is COc1ccc(OC(C)(C)C)c([PH][Pd-2]([c]2ccccc2-c2ccccc2N)([CH]2CCCCC2)[CH]2CCCCC2)c1-c1c(C(C)C)cccc1C(C)C. The van der Waals surface area contributed by atoms with Gasteiger partial charge in [0.25, 0.3) is 0 Å². The van der Waals surface area contributed by atoms with Gasteiger partial charge in [0.05, 0.1) is 0 Å². The molecule has 0 aliphatic heterocycles. The van der Waals surface area contributed by atoms with Crippen LogP contribution in [-0.4, -0.2) is 12.7 Å². The monoisotopic (exact) mass is 811 g/mol. The fourth-order valence-corrected chi connectivity index (χ4v) is 26.2. The molecule has 2 fully saturated rings. The summed E-state index contributed by atoms with van der Waals surface area (Å²) in [5.74, 6) is 2.74. The molecule has 0 spiro atoms. The van der Waals surface area contributed by atoms with Gasteiger partial charge in [-0.05, 0) is 0 Å². The molecule has 2 aliphatic rings. The van der Waals surface area contributed by atoms with E-state index in [2.05, 4.69) is 127 Å². The van der Waals surface area contributed by atoms with Gasteiger partial charge in [-0.1, -0.05) is 0 Å². The maximum absolute atomic E-state index is 7.14. The molecule has 3 nitrogen and oxygen atoms in total. The third-order valence-electron chi connectivity index (χ3n) is 10.8. The second-order valence-corrected chi connectivity index (χ2v) is 27.4. The Hall–Kier alpha value is -2.63. The Morgan fingerprint density at radius 1 is 0.635 bits per heavy atom. The van der Waals surface area contributed by atoms with E-state index >= 15 is 0 Å². The molecule has 2 saturated carbocycles. The fraction of sp³-hybridized carbons (Fsp3) is 0.489. The normalized spacial score (nSPS) is 17.0. The van der Waals surface area contributed by atoms with Crippen LogP contribution in [0.4, 0.5) is 5.69 Å². The van der Waals surface area contributed by atoms with Crippen LogP contribution < -0.4 is 24.5 Å². The minimum absolute atomic E-state index is 0.346. The molecule has 2 N–H and O–H groups in total. The molecule has 286 valence electrons. The second kappa shape index (κ2) is 16.8. The molecular weight excluding hydrogens is 748 g/mol. The number of benzene rings is 4. The number of nitrogens with two attached hydrogens (primary N) is 1. The summed E-state index contributed by atoms with van der Waals surface area (Å²) in [4.78, 5) is 0. The Balaban J connectivity index is 1.76. The van der Waals surface area contributed by atoms with Crippen molar-refractivity contribution < 1.29 is 24.5 Å². The van der Waals surface area contributed by atoms with E-state index in [1.54, 1.807) is 4.04 Å². The average Bonchev–Trinajstić information content (AvgIpc) is 3.14. The molecule has 0 heterocycles. The molecule has 6 rings (SSSR count). The van der Waals surface area contributed by atoms with Crippen molar-refractivity contribution in [2.45, 2.75) is 139 Å². The van der Waals surface area contributed by atoms with Crippen LogP contribution in [0.15, 0.2) is 78.9 Å². The Morgan fingerprint density at radius 2 is 1.15 bits per heavy atom. The number of methoxy groups -OCH3 is 1. The van der Waals surface area contributed by atoms with Crippen molar-refractivity contribution in [3.8, 4) is 33.8 Å².